The van der Waals surface area contributed by atoms with Crippen LogP contribution < -0.4 is 4.90 Å². The van der Waals surface area contributed by atoms with Crippen molar-refractivity contribution in [2.45, 2.75) is 19.3 Å². The molecular formula is C14H21N5. The van der Waals surface area contributed by atoms with Crippen LogP contribution in [0.25, 0.3) is 11.2 Å². The minimum absolute atomic E-state index is 0.822. The smallest absolute Gasteiger partial charge is 0.179 e. The van der Waals surface area contributed by atoms with E-state index in [1.54, 1.807) is 0 Å². The summed E-state index contributed by atoms with van der Waals surface area (Å²) >= 11 is 0. The van der Waals surface area contributed by atoms with Crippen molar-refractivity contribution in [3.8, 4) is 0 Å². The Balaban J connectivity index is 1.73. The molecule has 2 aromatic rings. The predicted molar refractivity (Wildman–Crippen MR) is 77.6 cm³/mol. The SMILES string of the molecule is CN(C)c1ccc2[nH]c(CCN3CCCC3)nc2n1. The molecule has 0 unspecified atom stereocenters. The van der Waals surface area contributed by atoms with E-state index >= 15 is 0 Å². The van der Waals surface area contributed by atoms with E-state index in [-0.39, 0.29) is 0 Å². The minimum atomic E-state index is 0.822. The van der Waals surface area contributed by atoms with E-state index in [0.717, 1.165) is 35.8 Å². The van der Waals surface area contributed by atoms with Gasteiger partial charge < -0.3 is 14.8 Å². The Morgan fingerprint density at radius 1 is 1.21 bits per heavy atom. The lowest BCUT2D eigenvalue weighted by molar-refractivity contribution is 0.341. The first-order chi connectivity index (χ1) is 9.22. The zero-order valence-electron chi connectivity index (χ0n) is 11.7. The number of imidazole rings is 1. The predicted octanol–water partition coefficient (Wildman–Crippen LogP) is 1.66. The van der Waals surface area contributed by atoms with E-state index in [9.17, 15) is 0 Å². The molecule has 0 radical (unpaired) electrons. The van der Waals surface area contributed by atoms with Crippen molar-refractivity contribution in [2.24, 2.45) is 0 Å². The van der Waals surface area contributed by atoms with E-state index in [0.29, 0.717) is 0 Å². The molecule has 0 spiro atoms. The fourth-order valence-electron chi connectivity index (χ4n) is 2.57. The number of pyridine rings is 1. The average molecular weight is 259 g/mol. The van der Waals surface area contributed by atoms with Crippen LogP contribution in [0.3, 0.4) is 0 Å². The van der Waals surface area contributed by atoms with Gasteiger partial charge in [-0.3, -0.25) is 0 Å². The van der Waals surface area contributed by atoms with Gasteiger partial charge in [-0.1, -0.05) is 0 Å². The highest BCUT2D eigenvalue weighted by Crippen LogP contribution is 2.15. The minimum Gasteiger partial charge on any atom is -0.363 e. The second-order valence-corrected chi connectivity index (χ2v) is 5.42. The maximum absolute atomic E-state index is 4.60. The number of H-pyrrole nitrogens is 1. The summed E-state index contributed by atoms with van der Waals surface area (Å²) in [7, 11) is 3.99. The number of likely N-dealkylation sites (tertiary alicyclic amines) is 1. The first kappa shape index (κ1) is 12.4. The molecule has 102 valence electrons. The van der Waals surface area contributed by atoms with Crippen molar-refractivity contribution < 1.29 is 0 Å². The molecular weight excluding hydrogens is 238 g/mol. The van der Waals surface area contributed by atoms with Gasteiger partial charge in [0.2, 0.25) is 0 Å². The zero-order chi connectivity index (χ0) is 13.2. The monoisotopic (exact) mass is 259 g/mol. The number of nitrogens with zero attached hydrogens (tertiary/aromatic N) is 4. The van der Waals surface area contributed by atoms with E-state index in [1.165, 1.54) is 25.9 Å². The molecule has 3 rings (SSSR count). The number of anilines is 1. The molecule has 5 heteroatoms. The van der Waals surface area contributed by atoms with Crippen LogP contribution in [0, 0.1) is 0 Å². The standard InChI is InChI=1S/C14H21N5/c1-18(2)13-6-5-11-14(17-13)16-12(15-11)7-10-19-8-3-4-9-19/h5-6H,3-4,7-10H2,1-2H3,(H,15,16,17). The van der Waals surface area contributed by atoms with Gasteiger partial charge in [-0.25, -0.2) is 9.97 Å². The third-order valence-corrected chi connectivity index (χ3v) is 3.70. The van der Waals surface area contributed by atoms with Crippen molar-refractivity contribution in [1.82, 2.24) is 19.9 Å². The number of hydrogen-bond acceptors (Lipinski definition) is 4. The summed E-state index contributed by atoms with van der Waals surface area (Å²) in [5, 5.41) is 0. The molecule has 0 bridgehead atoms. The normalized spacial score (nSPS) is 16.3. The Morgan fingerprint density at radius 3 is 2.74 bits per heavy atom. The Labute approximate surface area is 113 Å². The second kappa shape index (κ2) is 5.17. The van der Waals surface area contributed by atoms with Gasteiger partial charge in [0.1, 0.15) is 11.6 Å². The summed E-state index contributed by atoms with van der Waals surface area (Å²) in [6.45, 7) is 3.58. The van der Waals surface area contributed by atoms with Gasteiger partial charge >= 0.3 is 0 Å². The molecule has 2 aromatic heterocycles. The number of nitrogens with one attached hydrogen (secondary N) is 1. The van der Waals surface area contributed by atoms with Crippen molar-refractivity contribution in [2.75, 3.05) is 38.6 Å². The molecule has 1 N–H and O–H groups in total. The number of rotatable bonds is 4. The van der Waals surface area contributed by atoms with Crippen LogP contribution in [0.5, 0.6) is 0 Å². The fraction of sp³-hybridized carbons (Fsp3) is 0.571. The molecule has 1 saturated heterocycles. The van der Waals surface area contributed by atoms with E-state index in [2.05, 4.69) is 25.9 Å². The van der Waals surface area contributed by atoms with Gasteiger partial charge in [0.25, 0.3) is 0 Å². The van der Waals surface area contributed by atoms with Gasteiger partial charge in [-0.2, -0.15) is 0 Å². The summed E-state index contributed by atoms with van der Waals surface area (Å²) in [5.74, 6) is 2.00. The molecule has 1 aliphatic rings. The van der Waals surface area contributed by atoms with Gasteiger partial charge in [-0.15, -0.1) is 0 Å². The zero-order valence-corrected chi connectivity index (χ0v) is 11.7. The molecule has 0 saturated carbocycles. The number of aromatic amines is 1. The molecule has 5 nitrogen and oxygen atoms in total. The summed E-state index contributed by atoms with van der Waals surface area (Å²) in [6.07, 6.45) is 3.66. The van der Waals surface area contributed by atoms with Crippen molar-refractivity contribution in [1.29, 1.82) is 0 Å². The highest BCUT2D eigenvalue weighted by Gasteiger charge is 2.12. The maximum Gasteiger partial charge on any atom is 0.179 e. The number of aromatic nitrogens is 3. The van der Waals surface area contributed by atoms with E-state index in [1.807, 2.05) is 25.1 Å². The number of hydrogen-bond donors (Lipinski definition) is 1. The molecule has 1 fully saturated rings. The van der Waals surface area contributed by atoms with Crippen LogP contribution in [-0.2, 0) is 6.42 Å². The van der Waals surface area contributed by atoms with Gasteiger partial charge in [0, 0.05) is 27.1 Å². The van der Waals surface area contributed by atoms with Crippen LogP contribution in [-0.4, -0.2) is 53.6 Å². The molecule has 0 aromatic carbocycles. The molecule has 0 atom stereocenters. The first-order valence-electron chi connectivity index (χ1n) is 6.98. The Bertz CT molecular complexity index is 554. The van der Waals surface area contributed by atoms with Crippen LogP contribution in [0.2, 0.25) is 0 Å². The second-order valence-electron chi connectivity index (χ2n) is 5.42. The fourth-order valence-corrected chi connectivity index (χ4v) is 2.57. The third-order valence-electron chi connectivity index (χ3n) is 3.70. The molecule has 19 heavy (non-hydrogen) atoms. The summed E-state index contributed by atoms with van der Waals surface area (Å²) in [5.41, 5.74) is 1.85. The first-order valence-corrected chi connectivity index (χ1v) is 6.98. The largest absolute Gasteiger partial charge is 0.363 e. The van der Waals surface area contributed by atoms with Crippen LogP contribution >= 0.6 is 0 Å². The van der Waals surface area contributed by atoms with Crippen molar-refractivity contribution in [3.05, 3.63) is 18.0 Å². The molecule has 1 aliphatic heterocycles. The Morgan fingerprint density at radius 2 is 2.00 bits per heavy atom. The highest BCUT2D eigenvalue weighted by atomic mass is 15.2. The van der Waals surface area contributed by atoms with Crippen molar-refractivity contribution in [3.63, 3.8) is 0 Å². The quantitative estimate of drug-likeness (QED) is 0.907. The van der Waals surface area contributed by atoms with Crippen molar-refractivity contribution >= 4 is 17.0 Å². The van der Waals surface area contributed by atoms with E-state index < -0.39 is 0 Å². The Kier molecular flexibility index (Phi) is 3.38. The number of fused-ring (bicyclic) bond motifs is 1. The molecule has 0 amide bonds. The summed E-state index contributed by atoms with van der Waals surface area (Å²) in [6, 6.07) is 4.08. The highest BCUT2D eigenvalue weighted by molar-refractivity contribution is 5.73. The molecule has 3 heterocycles. The topological polar surface area (TPSA) is 48.1 Å². The summed E-state index contributed by atoms with van der Waals surface area (Å²) < 4.78 is 0. The lowest BCUT2D eigenvalue weighted by Crippen LogP contribution is -2.22. The van der Waals surface area contributed by atoms with Gasteiger partial charge in [0.05, 0.1) is 5.52 Å². The molecule has 0 aliphatic carbocycles. The lowest BCUT2D eigenvalue weighted by Gasteiger charge is -2.12. The van der Waals surface area contributed by atoms with Crippen LogP contribution in [0.4, 0.5) is 5.82 Å². The maximum atomic E-state index is 4.60. The lowest BCUT2D eigenvalue weighted by atomic mass is 10.4. The summed E-state index contributed by atoms with van der Waals surface area (Å²) in [4.78, 5) is 17.0. The van der Waals surface area contributed by atoms with E-state index in [4.69, 9.17) is 0 Å². The average Bonchev–Trinajstić information content (AvgIpc) is 3.04. The van der Waals surface area contributed by atoms with Gasteiger partial charge in [0.15, 0.2) is 5.65 Å². The third kappa shape index (κ3) is 2.71. The van der Waals surface area contributed by atoms with Crippen LogP contribution in [0.15, 0.2) is 12.1 Å². The van der Waals surface area contributed by atoms with Gasteiger partial charge in [-0.05, 0) is 38.1 Å². The Hall–Kier alpha value is -1.62. The van der Waals surface area contributed by atoms with Crippen LogP contribution in [0.1, 0.15) is 18.7 Å².